The molecule has 0 spiro atoms. The standard InChI is InChI=1S/C21H26N2O6/c1-20(2,3)28-19(27)22-21(4)12-8-7-11-15(21)18(26)29-23-16(24)13-9-5-6-10-14(13)17(23)25/h5-6,9-10,15H,7-8,11-12H2,1-4H3,(H,22,27). The second-order valence-electron chi connectivity index (χ2n) is 8.70. The Labute approximate surface area is 169 Å². The third-order valence-electron chi connectivity index (χ3n) is 5.22. The fourth-order valence-electron chi connectivity index (χ4n) is 3.80. The van der Waals surface area contributed by atoms with Crippen molar-refractivity contribution in [1.82, 2.24) is 10.4 Å². The van der Waals surface area contributed by atoms with E-state index in [4.69, 9.17) is 9.57 Å². The third-order valence-corrected chi connectivity index (χ3v) is 5.22. The smallest absolute Gasteiger partial charge is 0.408 e. The SMILES string of the molecule is CC(C)(C)OC(=O)NC1(C)CCCCC1C(=O)ON1C(=O)c2ccccc2C1=O. The number of imide groups is 1. The van der Waals surface area contributed by atoms with Crippen molar-refractivity contribution in [3.8, 4) is 0 Å². The zero-order chi connectivity index (χ0) is 21.4. The minimum absolute atomic E-state index is 0.198. The van der Waals surface area contributed by atoms with Crippen molar-refractivity contribution in [2.75, 3.05) is 0 Å². The Morgan fingerprint density at radius 2 is 1.69 bits per heavy atom. The van der Waals surface area contributed by atoms with E-state index in [2.05, 4.69) is 5.32 Å². The van der Waals surface area contributed by atoms with Gasteiger partial charge in [-0.1, -0.05) is 30.0 Å². The molecule has 1 saturated carbocycles. The number of alkyl carbamates (subject to hydrolysis) is 1. The van der Waals surface area contributed by atoms with Crippen LogP contribution in [0.5, 0.6) is 0 Å². The highest BCUT2D eigenvalue weighted by Gasteiger charge is 2.47. The first-order valence-electron chi connectivity index (χ1n) is 9.73. The molecule has 156 valence electrons. The van der Waals surface area contributed by atoms with E-state index < -0.39 is 40.9 Å². The van der Waals surface area contributed by atoms with Crippen LogP contribution in [0.15, 0.2) is 24.3 Å². The summed E-state index contributed by atoms with van der Waals surface area (Å²) in [5.41, 5.74) is -1.19. The molecule has 0 bridgehead atoms. The number of carbonyl (C=O) groups excluding carboxylic acids is 4. The average molecular weight is 402 g/mol. The molecule has 2 aliphatic rings. The Morgan fingerprint density at radius 1 is 1.10 bits per heavy atom. The van der Waals surface area contributed by atoms with Crippen molar-refractivity contribution in [1.29, 1.82) is 0 Å². The molecule has 1 fully saturated rings. The lowest BCUT2D eigenvalue weighted by Crippen LogP contribution is -2.57. The first kappa shape index (κ1) is 20.8. The molecule has 1 aliphatic carbocycles. The highest BCUT2D eigenvalue weighted by molar-refractivity contribution is 6.20. The van der Waals surface area contributed by atoms with Gasteiger partial charge in [0.1, 0.15) is 5.60 Å². The molecule has 1 aliphatic heterocycles. The quantitative estimate of drug-likeness (QED) is 0.779. The first-order chi connectivity index (χ1) is 13.5. The van der Waals surface area contributed by atoms with Gasteiger partial charge < -0.3 is 14.9 Å². The summed E-state index contributed by atoms with van der Waals surface area (Å²) in [7, 11) is 0. The lowest BCUT2D eigenvalue weighted by molar-refractivity contribution is -0.178. The number of hydrogen-bond acceptors (Lipinski definition) is 6. The molecule has 29 heavy (non-hydrogen) atoms. The van der Waals surface area contributed by atoms with Crippen molar-refractivity contribution in [3.63, 3.8) is 0 Å². The molecule has 3 amide bonds. The molecule has 1 aromatic rings. The van der Waals surface area contributed by atoms with Crippen LogP contribution in [0.3, 0.4) is 0 Å². The Bertz CT molecular complexity index is 824. The molecule has 1 N–H and O–H groups in total. The molecule has 0 radical (unpaired) electrons. The molecule has 1 heterocycles. The maximum Gasteiger partial charge on any atom is 0.408 e. The van der Waals surface area contributed by atoms with E-state index in [0.29, 0.717) is 17.9 Å². The van der Waals surface area contributed by atoms with Gasteiger partial charge in [-0.15, -0.1) is 0 Å². The van der Waals surface area contributed by atoms with Crippen molar-refractivity contribution in [2.24, 2.45) is 5.92 Å². The van der Waals surface area contributed by atoms with Gasteiger partial charge in [0.05, 0.1) is 22.6 Å². The zero-order valence-corrected chi connectivity index (χ0v) is 17.1. The largest absolute Gasteiger partial charge is 0.444 e. The normalized spacial score (nSPS) is 24.1. The minimum atomic E-state index is -0.906. The number of hydroxylamine groups is 2. The lowest BCUT2D eigenvalue weighted by Gasteiger charge is -2.40. The topological polar surface area (TPSA) is 102 Å². The van der Waals surface area contributed by atoms with Crippen LogP contribution in [-0.2, 0) is 14.4 Å². The Morgan fingerprint density at radius 3 is 2.24 bits per heavy atom. The van der Waals surface area contributed by atoms with E-state index in [1.807, 2.05) is 0 Å². The summed E-state index contributed by atoms with van der Waals surface area (Å²) in [4.78, 5) is 55.4. The van der Waals surface area contributed by atoms with Gasteiger partial charge in [0.25, 0.3) is 11.8 Å². The number of amides is 3. The second-order valence-corrected chi connectivity index (χ2v) is 8.70. The number of nitrogens with one attached hydrogen (secondary N) is 1. The maximum absolute atomic E-state index is 12.9. The summed E-state index contributed by atoms with van der Waals surface area (Å²) in [6.07, 6.45) is 1.99. The Balaban J connectivity index is 1.74. The van der Waals surface area contributed by atoms with Gasteiger partial charge in [0.2, 0.25) is 0 Å². The van der Waals surface area contributed by atoms with Gasteiger partial charge in [-0.05, 0) is 52.7 Å². The van der Waals surface area contributed by atoms with Gasteiger partial charge >= 0.3 is 12.1 Å². The lowest BCUT2D eigenvalue weighted by atomic mass is 9.74. The molecular weight excluding hydrogens is 376 g/mol. The van der Waals surface area contributed by atoms with E-state index in [1.165, 1.54) is 12.1 Å². The van der Waals surface area contributed by atoms with Crippen LogP contribution in [0.1, 0.15) is 74.1 Å². The number of hydrogen-bond donors (Lipinski definition) is 1. The van der Waals surface area contributed by atoms with Gasteiger partial charge in [-0.3, -0.25) is 9.59 Å². The van der Waals surface area contributed by atoms with E-state index in [0.717, 1.165) is 12.8 Å². The fourth-order valence-corrected chi connectivity index (χ4v) is 3.80. The second kappa shape index (κ2) is 7.50. The van der Waals surface area contributed by atoms with E-state index >= 15 is 0 Å². The number of fused-ring (bicyclic) bond motifs is 1. The van der Waals surface area contributed by atoms with E-state index in [-0.39, 0.29) is 11.1 Å². The molecule has 1 aromatic carbocycles. The highest BCUT2D eigenvalue weighted by Crippen LogP contribution is 2.35. The monoisotopic (exact) mass is 402 g/mol. The molecule has 2 atom stereocenters. The van der Waals surface area contributed by atoms with Gasteiger partial charge in [0, 0.05) is 0 Å². The number of nitrogens with zero attached hydrogens (tertiary/aromatic N) is 1. The first-order valence-corrected chi connectivity index (χ1v) is 9.73. The minimum Gasteiger partial charge on any atom is -0.444 e. The van der Waals surface area contributed by atoms with Crippen LogP contribution in [0, 0.1) is 5.92 Å². The van der Waals surface area contributed by atoms with Crippen LogP contribution in [0.2, 0.25) is 0 Å². The number of carbonyl (C=O) groups is 4. The number of rotatable bonds is 3. The van der Waals surface area contributed by atoms with E-state index in [9.17, 15) is 19.2 Å². The summed E-state index contributed by atoms with van der Waals surface area (Å²) in [5.74, 6) is -2.78. The molecule has 0 aromatic heterocycles. The highest BCUT2D eigenvalue weighted by atomic mass is 16.7. The average Bonchev–Trinajstić information content (AvgIpc) is 2.85. The molecule has 0 saturated heterocycles. The summed E-state index contributed by atoms with van der Waals surface area (Å²) < 4.78 is 5.32. The van der Waals surface area contributed by atoms with Crippen LogP contribution >= 0.6 is 0 Å². The van der Waals surface area contributed by atoms with Gasteiger partial charge in [0.15, 0.2) is 0 Å². The summed E-state index contributed by atoms with van der Waals surface area (Å²) in [6.45, 7) is 7.02. The Kier molecular flexibility index (Phi) is 5.38. The van der Waals surface area contributed by atoms with Crippen molar-refractivity contribution < 1.29 is 28.8 Å². The molecular formula is C21H26N2O6. The van der Waals surface area contributed by atoms with Crippen molar-refractivity contribution >= 4 is 23.9 Å². The van der Waals surface area contributed by atoms with Crippen LogP contribution in [0.4, 0.5) is 4.79 Å². The molecule has 3 rings (SSSR count). The maximum atomic E-state index is 12.9. The van der Waals surface area contributed by atoms with Crippen LogP contribution in [-0.4, -0.2) is 40.1 Å². The summed E-state index contributed by atoms with van der Waals surface area (Å²) in [6, 6.07) is 6.30. The summed E-state index contributed by atoms with van der Waals surface area (Å²) in [5, 5.41) is 3.31. The predicted octanol–water partition coefficient (Wildman–Crippen LogP) is 3.21. The Hall–Kier alpha value is -2.90. The predicted molar refractivity (Wildman–Crippen MR) is 103 cm³/mol. The van der Waals surface area contributed by atoms with Gasteiger partial charge in [-0.2, -0.15) is 0 Å². The fraction of sp³-hybridized carbons (Fsp3) is 0.524. The molecule has 8 nitrogen and oxygen atoms in total. The zero-order valence-electron chi connectivity index (χ0n) is 17.1. The molecule has 2 unspecified atom stereocenters. The van der Waals surface area contributed by atoms with Crippen LogP contribution in [0.25, 0.3) is 0 Å². The summed E-state index contributed by atoms with van der Waals surface area (Å²) >= 11 is 0. The van der Waals surface area contributed by atoms with Crippen molar-refractivity contribution in [2.45, 2.75) is 64.5 Å². The van der Waals surface area contributed by atoms with E-state index in [1.54, 1.807) is 39.8 Å². The number of benzene rings is 1. The number of ether oxygens (including phenoxy) is 1. The molecule has 8 heteroatoms. The van der Waals surface area contributed by atoms with Crippen molar-refractivity contribution in [3.05, 3.63) is 35.4 Å². The third kappa shape index (κ3) is 4.26. The van der Waals surface area contributed by atoms with Crippen LogP contribution < -0.4 is 5.32 Å². The van der Waals surface area contributed by atoms with Gasteiger partial charge in [-0.25, -0.2) is 9.59 Å².